The maximum absolute atomic E-state index is 13.4. The smallest absolute Gasteiger partial charge is 0.276 e. The first kappa shape index (κ1) is 21.0. The average Bonchev–Trinajstić information content (AvgIpc) is 3.42. The van der Waals surface area contributed by atoms with Crippen molar-refractivity contribution in [3.05, 3.63) is 86.5 Å². The molecule has 0 aliphatic heterocycles. The number of hydrogen-bond acceptors (Lipinski definition) is 5. The number of benzene rings is 2. The Morgan fingerprint density at radius 3 is 2.91 bits per heavy atom. The van der Waals surface area contributed by atoms with Gasteiger partial charge in [0, 0.05) is 0 Å². The molecule has 4 aromatic rings. The number of hydrogen-bond donors (Lipinski definition) is 1. The normalized spacial score (nSPS) is 15.1. The molecule has 5 nitrogen and oxygen atoms in total. The van der Waals surface area contributed by atoms with E-state index in [-0.39, 0.29) is 23.3 Å². The van der Waals surface area contributed by atoms with Gasteiger partial charge in [0.25, 0.3) is 5.56 Å². The summed E-state index contributed by atoms with van der Waals surface area (Å²) < 4.78 is 2.28. The Bertz CT molecular complexity index is 1390. The average molecular weight is 462 g/mol. The molecule has 1 aliphatic rings. The Morgan fingerprint density at radius 2 is 2.03 bits per heavy atom. The fourth-order valence-electron chi connectivity index (χ4n) is 4.25. The van der Waals surface area contributed by atoms with Crippen LogP contribution in [0.25, 0.3) is 15.9 Å². The molecule has 2 heterocycles. The van der Waals surface area contributed by atoms with E-state index in [1.54, 1.807) is 4.57 Å². The first-order chi connectivity index (χ1) is 15.5. The number of fused-ring (bicyclic) bond motifs is 2. The Labute approximate surface area is 194 Å². The molecule has 0 saturated heterocycles. The lowest BCUT2D eigenvalue weighted by molar-refractivity contribution is -0.119. The predicted molar refractivity (Wildman–Crippen MR) is 131 cm³/mol. The van der Waals surface area contributed by atoms with E-state index in [9.17, 15) is 9.59 Å². The first-order valence-electron chi connectivity index (χ1n) is 10.6. The lowest BCUT2D eigenvalue weighted by Gasteiger charge is -2.16. The van der Waals surface area contributed by atoms with Gasteiger partial charge in [-0.25, -0.2) is 4.98 Å². The number of amides is 1. The van der Waals surface area contributed by atoms with Crippen LogP contribution >= 0.6 is 23.1 Å². The summed E-state index contributed by atoms with van der Waals surface area (Å²) in [5, 5.41) is 5.58. The van der Waals surface area contributed by atoms with Crippen LogP contribution < -0.4 is 10.9 Å². The molecule has 0 bridgehead atoms. The van der Waals surface area contributed by atoms with Gasteiger partial charge in [-0.3, -0.25) is 14.2 Å². The van der Waals surface area contributed by atoms with Crippen molar-refractivity contribution in [3.63, 3.8) is 0 Å². The van der Waals surface area contributed by atoms with Gasteiger partial charge in [0.2, 0.25) is 5.91 Å². The number of nitrogens with zero attached hydrogens (tertiary/aromatic N) is 2. The molecule has 2 aromatic carbocycles. The summed E-state index contributed by atoms with van der Waals surface area (Å²) in [6.45, 7) is 4.04. The van der Waals surface area contributed by atoms with Crippen LogP contribution in [0.2, 0.25) is 0 Å². The molecule has 0 saturated carbocycles. The summed E-state index contributed by atoms with van der Waals surface area (Å²) in [4.78, 5) is 30.9. The molecule has 0 radical (unpaired) electrons. The molecule has 1 amide bonds. The van der Waals surface area contributed by atoms with E-state index < -0.39 is 0 Å². The molecule has 32 heavy (non-hydrogen) atoms. The molecule has 1 atom stereocenters. The molecule has 0 unspecified atom stereocenters. The van der Waals surface area contributed by atoms with Crippen molar-refractivity contribution in [2.24, 2.45) is 0 Å². The van der Waals surface area contributed by atoms with Crippen molar-refractivity contribution < 1.29 is 4.79 Å². The molecule has 1 aliphatic carbocycles. The monoisotopic (exact) mass is 461 g/mol. The SMILES string of the molecule is Cc1cccc(-n2c(SCC(=O)N[C@H]3CCc4ccccc43)nc3ccsc3c2=O)c1C. The number of carbonyl (C=O) groups excluding carboxylic acids is 1. The van der Waals surface area contributed by atoms with Crippen LogP contribution in [0.4, 0.5) is 0 Å². The molecular formula is C25H23N3O2S2. The van der Waals surface area contributed by atoms with Crippen LogP contribution in [0.5, 0.6) is 0 Å². The highest BCUT2D eigenvalue weighted by Crippen LogP contribution is 2.31. The topological polar surface area (TPSA) is 64.0 Å². The van der Waals surface area contributed by atoms with E-state index in [1.165, 1.54) is 34.2 Å². The lowest BCUT2D eigenvalue weighted by Crippen LogP contribution is -2.29. The lowest BCUT2D eigenvalue weighted by atomic mass is 10.1. The van der Waals surface area contributed by atoms with Gasteiger partial charge in [0.15, 0.2) is 5.16 Å². The van der Waals surface area contributed by atoms with E-state index in [1.807, 2.05) is 55.6 Å². The number of aromatic nitrogens is 2. The van der Waals surface area contributed by atoms with Crippen molar-refractivity contribution in [3.8, 4) is 5.69 Å². The zero-order valence-electron chi connectivity index (χ0n) is 17.9. The van der Waals surface area contributed by atoms with Crippen molar-refractivity contribution in [1.29, 1.82) is 0 Å². The molecule has 162 valence electrons. The minimum Gasteiger partial charge on any atom is -0.349 e. The molecule has 0 spiro atoms. The number of thioether (sulfide) groups is 1. The van der Waals surface area contributed by atoms with Crippen LogP contribution in [-0.4, -0.2) is 21.2 Å². The van der Waals surface area contributed by atoms with Crippen LogP contribution in [0.3, 0.4) is 0 Å². The van der Waals surface area contributed by atoms with Crippen LogP contribution in [0, 0.1) is 13.8 Å². The third-order valence-corrected chi connectivity index (χ3v) is 7.90. The molecule has 1 N–H and O–H groups in total. The zero-order valence-corrected chi connectivity index (χ0v) is 19.6. The van der Waals surface area contributed by atoms with Crippen molar-refractivity contribution in [2.75, 3.05) is 5.75 Å². The molecule has 7 heteroatoms. The Balaban J connectivity index is 1.43. The maximum atomic E-state index is 13.4. The van der Waals surface area contributed by atoms with E-state index >= 15 is 0 Å². The summed E-state index contributed by atoms with van der Waals surface area (Å²) in [6, 6.07) is 16.1. The molecule has 0 fully saturated rings. The highest BCUT2D eigenvalue weighted by molar-refractivity contribution is 7.99. The number of carbonyl (C=O) groups is 1. The standard InChI is InChI=1S/C25H23N3O2S2/c1-15-6-5-9-21(16(15)2)28-24(30)23-20(12-13-31-23)27-25(28)32-14-22(29)26-19-11-10-17-7-3-4-8-18(17)19/h3-9,12-13,19H,10-11,14H2,1-2H3,(H,26,29)/t19-/m0/s1. The Hall–Kier alpha value is -2.90. The largest absolute Gasteiger partial charge is 0.349 e. The van der Waals surface area contributed by atoms with Crippen LogP contribution in [0.1, 0.15) is 34.7 Å². The second kappa shape index (κ2) is 8.56. The van der Waals surface area contributed by atoms with Crippen LogP contribution in [-0.2, 0) is 11.2 Å². The number of rotatable bonds is 5. The zero-order chi connectivity index (χ0) is 22.2. The number of thiophene rings is 1. The van der Waals surface area contributed by atoms with Gasteiger partial charge in [0.05, 0.1) is 23.0 Å². The highest BCUT2D eigenvalue weighted by atomic mass is 32.2. The van der Waals surface area contributed by atoms with E-state index in [4.69, 9.17) is 4.98 Å². The Morgan fingerprint density at radius 1 is 1.19 bits per heavy atom. The van der Waals surface area contributed by atoms with Gasteiger partial charge in [-0.05, 0) is 66.5 Å². The van der Waals surface area contributed by atoms with Crippen molar-refractivity contribution in [2.45, 2.75) is 37.9 Å². The minimum absolute atomic E-state index is 0.0489. The van der Waals surface area contributed by atoms with Gasteiger partial charge in [-0.15, -0.1) is 11.3 Å². The fraction of sp³-hybridized carbons (Fsp3) is 0.240. The van der Waals surface area contributed by atoms with Crippen LogP contribution in [0.15, 0.2) is 63.9 Å². The molecule has 2 aromatic heterocycles. The third kappa shape index (κ3) is 3.76. The fourth-order valence-corrected chi connectivity index (χ4v) is 5.83. The third-order valence-electron chi connectivity index (χ3n) is 6.07. The summed E-state index contributed by atoms with van der Waals surface area (Å²) in [5.41, 5.74) is 6.04. The summed E-state index contributed by atoms with van der Waals surface area (Å²) in [6.07, 6.45) is 1.90. The summed E-state index contributed by atoms with van der Waals surface area (Å²) in [7, 11) is 0. The number of aryl methyl sites for hydroxylation is 2. The highest BCUT2D eigenvalue weighted by Gasteiger charge is 2.24. The van der Waals surface area contributed by atoms with Crippen molar-refractivity contribution >= 4 is 39.2 Å². The van der Waals surface area contributed by atoms with E-state index in [0.717, 1.165) is 29.7 Å². The van der Waals surface area contributed by atoms with Gasteiger partial charge in [-0.1, -0.05) is 48.2 Å². The second-order valence-electron chi connectivity index (χ2n) is 8.04. The van der Waals surface area contributed by atoms with E-state index in [0.29, 0.717) is 15.4 Å². The first-order valence-corrected chi connectivity index (χ1v) is 12.5. The van der Waals surface area contributed by atoms with Crippen molar-refractivity contribution in [1.82, 2.24) is 14.9 Å². The van der Waals surface area contributed by atoms with Gasteiger partial charge in [-0.2, -0.15) is 0 Å². The summed E-state index contributed by atoms with van der Waals surface area (Å²) >= 11 is 2.70. The van der Waals surface area contributed by atoms with E-state index in [2.05, 4.69) is 17.4 Å². The quantitative estimate of drug-likeness (QED) is 0.337. The Kier molecular flexibility index (Phi) is 5.61. The minimum atomic E-state index is -0.0914. The maximum Gasteiger partial charge on any atom is 0.276 e. The molecule has 5 rings (SSSR count). The molecular weight excluding hydrogens is 438 g/mol. The summed E-state index contributed by atoms with van der Waals surface area (Å²) in [5.74, 6) is 0.148. The number of nitrogens with one attached hydrogen (secondary N) is 1. The van der Waals surface area contributed by atoms with Gasteiger partial charge in [0.1, 0.15) is 4.70 Å². The van der Waals surface area contributed by atoms with Gasteiger partial charge < -0.3 is 5.32 Å². The predicted octanol–water partition coefficient (Wildman–Crippen LogP) is 4.96. The van der Waals surface area contributed by atoms with Gasteiger partial charge >= 0.3 is 0 Å². The second-order valence-corrected chi connectivity index (χ2v) is 9.89.